The van der Waals surface area contributed by atoms with Gasteiger partial charge in [-0.15, -0.1) is 0 Å². The number of carboxylic acids is 2. The molecular weight excluding hydrogens is 316 g/mol. The number of non-ortho nitro benzene ring substituents is 1. The Labute approximate surface area is 139 Å². The van der Waals surface area contributed by atoms with Crippen LogP contribution < -0.4 is 5.32 Å². The summed E-state index contributed by atoms with van der Waals surface area (Å²) in [6.45, 7) is 0.729. The number of nitro groups is 1. The lowest BCUT2D eigenvalue weighted by atomic mass is 10.1. The Balaban J connectivity index is 0.000000413. The topological polar surface area (TPSA) is 130 Å². The molecule has 1 aliphatic rings. The van der Waals surface area contributed by atoms with E-state index in [1.54, 1.807) is 12.1 Å². The summed E-state index contributed by atoms with van der Waals surface area (Å²) in [6.07, 6.45) is 7.74. The van der Waals surface area contributed by atoms with Gasteiger partial charge in [0.15, 0.2) is 0 Å². The van der Waals surface area contributed by atoms with E-state index in [9.17, 15) is 10.1 Å². The molecule has 0 aliphatic heterocycles. The smallest absolute Gasteiger partial charge is 0.414 e. The van der Waals surface area contributed by atoms with Crippen LogP contribution in [0, 0.1) is 10.1 Å². The van der Waals surface area contributed by atoms with E-state index in [0.717, 1.165) is 12.1 Å². The average molecular weight is 338 g/mol. The number of nitrogens with zero attached hydrogens (tertiary/aromatic N) is 1. The molecule has 1 aromatic rings. The van der Waals surface area contributed by atoms with E-state index in [4.69, 9.17) is 19.8 Å². The lowest BCUT2D eigenvalue weighted by Crippen LogP contribution is -2.27. The summed E-state index contributed by atoms with van der Waals surface area (Å²) in [5.41, 5.74) is 1.17. The minimum Gasteiger partial charge on any atom is -0.473 e. The molecule has 3 N–H and O–H groups in total. The van der Waals surface area contributed by atoms with Gasteiger partial charge in [0.1, 0.15) is 0 Å². The molecule has 2 rings (SSSR count). The number of aliphatic carboxylic acids is 2. The Kier molecular flexibility index (Phi) is 8.42. The molecule has 8 nitrogen and oxygen atoms in total. The zero-order valence-electron chi connectivity index (χ0n) is 13.3. The van der Waals surface area contributed by atoms with Crippen molar-refractivity contribution >= 4 is 17.6 Å². The lowest BCUT2D eigenvalue weighted by molar-refractivity contribution is -0.384. The summed E-state index contributed by atoms with van der Waals surface area (Å²) in [5.74, 6) is -3.65. The van der Waals surface area contributed by atoms with Gasteiger partial charge in [-0.05, 0) is 18.4 Å². The fraction of sp³-hybridized carbons (Fsp3) is 0.500. The predicted octanol–water partition coefficient (Wildman–Crippen LogP) is 2.56. The van der Waals surface area contributed by atoms with Gasteiger partial charge in [-0.1, -0.05) is 37.8 Å². The Morgan fingerprint density at radius 2 is 1.71 bits per heavy atom. The van der Waals surface area contributed by atoms with E-state index < -0.39 is 11.9 Å². The maximum Gasteiger partial charge on any atom is 0.414 e. The fourth-order valence-corrected chi connectivity index (χ4v) is 2.53. The molecule has 0 amide bonds. The molecule has 1 saturated carbocycles. The number of benzene rings is 1. The standard InChI is InChI=1S/C14H20N2O2.C2H2O4/c17-16(18)14-9-5-6-12(10-14)11-15-13-7-3-1-2-4-8-13;3-1(4)2(5)6/h5-6,9-10,13,15H,1-4,7-8,11H2;(H,3,4)(H,5,6). The summed E-state index contributed by atoms with van der Waals surface area (Å²) < 4.78 is 0. The average Bonchev–Trinajstić information content (AvgIpc) is 2.82. The lowest BCUT2D eigenvalue weighted by Gasteiger charge is -2.16. The zero-order valence-corrected chi connectivity index (χ0v) is 13.3. The highest BCUT2D eigenvalue weighted by Gasteiger charge is 2.12. The van der Waals surface area contributed by atoms with Crippen LogP contribution in [0.2, 0.25) is 0 Å². The van der Waals surface area contributed by atoms with Crippen LogP contribution in [0.3, 0.4) is 0 Å². The molecule has 1 aliphatic carbocycles. The van der Waals surface area contributed by atoms with Crippen LogP contribution >= 0.6 is 0 Å². The fourth-order valence-electron chi connectivity index (χ4n) is 2.53. The number of hydrogen-bond donors (Lipinski definition) is 3. The highest BCUT2D eigenvalue weighted by molar-refractivity contribution is 6.27. The first-order chi connectivity index (χ1) is 11.4. The molecule has 0 heterocycles. The van der Waals surface area contributed by atoms with Crippen molar-refractivity contribution < 1.29 is 24.7 Å². The highest BCUT2D eigenvalue weighted by atomic mass is 16.6. The maximum absolute atomic E-state index is 10.7. The van der Waals surface area contributed by atoms with Crippen LogP contribution in [0.25, 0.3) is 0 Å². The van der Waals surface area contributed by atoms with E-state index in [2.05, 4.69) is 5.32 Å². The SMILES string of the molecule is O=C(O)C(=O)O.O=[N+]([O-])c1cccc(CNC2CCCCCC2)c1. The Morgan fingerprint density at radius 1 is 1.12 bits per heavy atom. The van der Waals surface area contributed by atoms with Crippen molar-refractivity contribution in [1.29, 1.82) is 0 Å². The second kappa shape index (κ2) is 10.3. The zero-order chi connectivity index (χ0) is 17.9. The van der Waals surface area contributed by atoms with Crippen molar-refractivity contribution in [2.24, 2.45) is 0 Å². The summed E-state index contributed by atoms with van der Waals surface area (Å²) in [5, 5.41) is 29.0. The van der Waals surface area contributed by atoms with Gasteiger partial charge in [0.2, 0.25) is 0 Å². The van der Waals surface area contributed by atoms with Crippen molar-refractivity contribution in [2.75, 3.05) is 0 Å². The second-order valence-electron chi connectivity index (χ2n) is 5.61. The van der Waals surface area contributed by atoms with Crippen LogP contribution in [0.5, 0.6) is 0 Å². The van der Waals surface area contributed by atoms with Crippen molar-refractivity contribution in [1.82, 2.24) is 5.32 Å². The first-order valence-electron chi connectivity index (χ1n) is 7.83. The summed E-state index contributed by atoms with van der Waals surface area (Å²) >= 11 is 0. The van der Waals surface area contributed by atoms with Crippen molar-refractivity contribution in [3.05, 3.63) is 39.9 Å². The molecular formula is C16H22N2O6. The number of nitro benzene ring substituents is 1. The molecule has 0 spiro atoms. The molecule has 132 valence electrons. The minimum absolute atomic E-state index is 0.176. The monoisotopic (exact) mass is 338 g/mol. The molecule has 0 bridgehead atoms. The molecule has 1 fully saturated rings. The summed E-state index contributed by atoms with van der Waals surface area (Å²) in [6, 6.07) is 7.46. The molecule has 0 saturated heterocycles. The molecule has 0 aromatic heterocycles. The van der Waals surface area contributed by atoms with Crippen LogP contribution in [0.15, 0.2) is 24.3 Å². The molecule has 0 radical (unpaired) electrons. The minimum atomic E-state index is -1.82. The number of nitrogens with one attached hydrogen (secondary N) is 1. The molecule has 1 aromatic carbocycles. The number of carbonyl (C=O) groups is 2. The number of rotatable bonds is 4. The third-order valence-corrected chi connectivity index (χ3v) is 3.75. The van der Waals surface area contributed by atoms with Gasteiger partial charge in [-0.2, -0.15) is 0 Å². The summed E-state index contributed by atoms with van der Waals surface area (Å²) in [7, 11) is 0. The van der Waals surface area contributed by atoms with E-state index in [-0.39, 0.29) is 10.6 Å². The summed E-state index contributed by atoms with van der Waals surface area (Å²) in [4.78, 5) is 28.6. The number of carboxylic acid groups (broad SMARTS) is 2. The Bertz CT molecular complexity index is 555. The quantitative estimate of drug-likeness (QED) is 0.333. The van der Waals surface area contributed by atoms with Gasteiger partial charge in [-0.25, -0.2) is 9.59 Å². The van der Waals surface area contributed by atoms with E-state index >= 15 is 0 Å². The maximum atomic E-state index is 10.7. The third kappa shape index (κ3) is 7.68. The van der Waals surface area contributed by atoms with Crippen LogP contribution in [0.1, 0.15) is 44.1 Å². The van der Waals surface area contributed by atoms with Crippen LogP contribution in [-0.4, -0.2) is 33.1 Å². The Morgan fingerprint density at radius 3 is 2.21 bits per heavy atom. The molecule has 24 heavy (non-hydrogen) atoms. The van der Waals surface area contributed by atoms with Crippen LogP contribution in [0.4, 0.5) is 5.69 Å². The highest BCUT2D eigenvalue weighted by Crippen LogP contribution is 2.18. The third-order valence-electron chi connectivity index (χ3n) is 3.75. The van der Waals surface area contributed by atoms with Crippen LogP contribution in [-0.2, 0) is 16.1 Å². The van der Waals surface area contributed by atoms with Crippen molar-refractivity contribution in [3.63, 3.8) is 0 Å². The first-order valence-corrected chi connectivity index (χ1v) is 7.83. The van der Waals surface area contributed by atoms with Gasteiger partial charge in [0.05, 0.1) is 4.92 Å². The molecule has 0 unspecified atom stereocenters. The van der Waals surface area contributed by atoms with E-state index in [1.807, 2.05) is 6.07 Å². The number of hydrogen-bond acceptors (Lipinski definition) is 5. The van der Waals surface area contributed by atoms with E-state index in [0.29, 0.717) is 6.04 Å². The van der Waals surface area contributed by atoms with Gasteiger partial charge < -0.3 is 15.5 Å². The predicted molar refractivity (Wildman–Crippen MR) is 86.7 cm³/mol. The largest absolute Gasteiger partial charge is 0.473 e. The normalized spacial score (nSPS) is 14.8. The van der Waals surface area contributed by atoms with Gasteiger partial charge in [0.25, 0.3) is 5.69 Å². The van der Waals surface area contributed by atoms with Crippen molar-refractivity contribution in [2.45, 2.75) is 51.1 Å². The van der Waals surface area contributed by atoms with Gasteiger partial charge in [0, 0.05) is 24.7 Å². The Hall–Kier alpha value is -2.48. The van der Waals surface area contributed by atoms with Gasteiger partial charge in [-0.3, -0.25) is 10.1 Å². The first kappa shape index (κ1) is 19.6. The van der Waals surface area contributed by atoms with Gasteiger partial charge >= 0.3 is 11.9 Å². The van der Waals surface area contributed by atoms with E-state index in [1.165, 1.54) is 44.6 Å². The van der Waals surface area contributed by atoms with Crippen molar-refractivity contribution in [3.8, 4) is 0 Å². The second-order valence-corrected chi connectivity index (χ2v) is 5.61. The molecule has 8 heteroatoms. The molecule has 0 atom stereocenters.